The molecule has 3 aliphatic rings. The van der Waals surface area contributed by atoms with Crippen LogP contribution in [0.4, 0.5) is 0 Å². The van der Waals surface area contributed by atoms with E-state index in [9.17, 15) is 43.5 Å². The Hall–Kier alpha value is -8.38. The minimum Gasteiger partial charge on any atom is -0.459 e. The number of hydrogen-bond donors (Lipinski definition) is 1. The summed E-state index contributed by atoms with van der Waals surface area (Å²) in [5, 5.41) is 11.9. The van der Waals surface area contributed by atoms with Gasteiger partial charge in [-0.3, -0.25) is 14.4 Å². The third kappa shape index (κ3) is 14.6. The zero-order chi connectivity index (χ0) is 56.9. The molecule has 0 aromatic heterocycles. The predicted octanol–water partition coefficient (Wildman–Crippen LogP) is 5.13. The Morgan fingerprint density at radius 3 is 1.23 bits per heavy atom. The van der Waals surface area contributed by atoms with Crippen LogP contribution in [0.5, 0.6) is 0 Å². The summed E-state index contributed by atoms with van der Waals surface area (Å²) in [6.07, 6.45) is -25.0. The number of carbonyl (C=O) groups is 8. The smallest absolute Gasteiger partial charge is 0.338 e. The van der Waals surface area contributed by atoms with Crippen molar-refractivity contribution in [1.82, 2.24) is 0 Å². The minimum atomic E-state index is -2.13. The van der Waals surface area contributed by atoms with Gasteiger partial charge in [0.05, 0.1) is 40.5 Å². The Morgan fingerprint density at radius 1 is 0.412 bits per heavy atom. The molecule has 1 N–H and O–H groups in total. The van der Waals surface area contributed by atoms with Crippen molar-refractivity contribution in [3.63, 3.8) is 0 Å². The molecule has 3 heterocycles. The van der Waals surface area contributed by atoms with Gasteiger partial charge in [-0.15, -0.1) is 0 Å². The molecule has 80 heavy (non-hydrogen) atoms. The number of hydrogen-bond acceptors (Lipinski definition) is 22. The molecule has 3 fully saturated rings. The van der Waals surface area contributed by atoms with Gasteiger partial charge in [-0.2, -0.15) is 0 Å². The van der Waals surface area contributed by atoms with Crippen LogP contribution in [-0.2, 0) is 76.0 Å². The molecule has 8 rings (SSSR count). The maximum Gasteiger partial charge on any atom is 0.338 e. The lowest BCUT2D eigenvalue weighted by Crippen LogP contribution is -2.67. The normalized spacial score (nSPS) is 27.2. The molecular formula is C58H56O22. The summed E-state index contributed by atoms with van der Waals surface area (Å²) >= 11 is 0. The summed E-state index contributed by atoms with van der Waals surface area (Å²) in [6.45, 7) is 3.28. The highest BCUT2D eigenvalue weighted by Gasteiger charge is 2.58. The van der Waals surface area contributed by atoms with Crippen LogP contribution in [0.1, 0.15) is 79.5 Å². The molecule has 3 saturated heterocycles. The molecule has 0 bridgehead atoms. The largest absolute Gasteiger partial charge is 0.459 e. The van der Waals surface area contributed by atoms with Crippen molar-refractivity contribution in [3.05, 3.63) is 179 Å². The minimum absolute atomic E-state index is 0.00696. The maximum atomic E-state index is 14.4. The van der Waals surface area contributed by atoms with Crippen molar-refractivity contribution >= 4 is 47.8 Å². The first kappa shape index (κ1) is 57.8. The number of aliphatic hydroxyl groups excluding tert-OH is 1. The zero-order valence-corrected chi connectivity index (χ0v) is 43.5. The average Bonchev–Trinajstić information content (AvgIpc) is 3.49. The molecule has 0 aliphatic carbocycles. The summed E-state index contributed by atoms with van der Waals surface area (Å²) in [5.74, 6) is -7.49. The van der Waals surface area contributed by atoms with Crippen LogP contribution in [0.3, 0.4) is 0 Å². The van der Waals surface area contributed by atoms with E-state index in [-0.39, 0.29) is 27.8 Å². The topological polar surface area (TPSA) is 277 Å². The number of esters is 8. The van der Waals surface area contributed by atoms with Crippen LogP contribution in [0, 0.1) is 0 Å². The van der Waals surface area contributed by atoms with Crippen LogP contribution in [-0.4, -0.2) is 152 Å². The van der Waals surface area contributed by atoms with Crippen LogP contribution < -0.4 is 0 Å². The van der Waals surface area contributed by atoms with Gasteiger partial charge in [0.2, 0.25) is 0 Å². The summed E-state index contributed by atoms with van der Waals surface area (Å²) < 4.78 is 79.3. The maximum absolute atomic E-state index is 14.4. The van der Waals surface area contributed by atoms with Crippen molar-refractivity contribution in [2.24, 2.45) is 0 Å². The van der Waals surface area contributed by atoms with Crippen molar-refractivity contribution in [1.29, 1.82) is 0 Å². The number of carbonyl (C=O) groups excluding carboxylic acids is 8. The van der Waals surface area contributed by atoms with Crippen molar-refractivity contribution in [3.8, 4) is 0 Å². The van der Waals surface area contributed by atoms with Gasteiger partial charge < -0.3 is 66.7 Å². The number of benzene rings is 5. The Bertz CT molecular complexity index is 2930. The van der Waals surface area contributed by atoms with Gasteiger partial charge in [-0.1, -0.05) is 91.0 Å². The first-order valence-electron chi connectivity index (χ1n) is 25.2. The third-order valence-electron chi connectivity index (χ3n) is 12.6. The van der Waals surface area contributed by atoms with E-state index in [0.717, 1.165) is 20.8 Å². The molecule has 14 atom stereocenters. The Balaban J connectivity index is 1.27. The zero-order valence-electron chi connectivity index (χ0n) is 43.5. The monoisotopic (exact) mass is 1100 g/mol. The van der Waals surface area contributed by atoms with E-state index in [1.165, 1.54) is 67.6 Å². The standard InChI is InChI=1S/C58H56O22/c1-32-43(75-52(63)37-22-12-6-13-23-37)46(76-53(64)38-24-14-7-15-25-38)50(80-57-49(73-35(4)61)45(72-34(3)60)41(31-69-57)71-33(2)59)58(70-32)79-44-42(30-68-51(62)36-20-10-5-11-21-36)74-56(67)48(78-55(66)40-28-18-9-19-29-40)47(44)77-54(65)39-26-16-8-17-27-39/h5-29,32,41-50,56-58,67H,30-31H2,1-4H3/t32-,41-,42+,43-,44+,45+,46+,47-,48-,49-,50+,56-,57+,58-/m0/s1. The second-order valence-electron chi connectivity index (χ2n) is 18.4. The molecule has 22 nitrogen and oxygen atoms in total. The second-order valence-corrected chi connectivity index (χ2v) is 18.4. The summed E-state index contributed by atoms with van der Waals surface area (Å²) in [6, 6.07) is 38.4. The van der Waals surface area contributed by atoms with E-state index in [1.807, 2.05) is 0 Å². The lowest BCUT2D eigenvalue weighted by molar-refractivity contribution is -0.377. The Kier molecular flexibility index (Phi) is 19.5. The van der Waals surface area contributed by atoms with Crippen LogP contribution in [0.2, 0.25) is 0 Å². The first-order chi connectivity index (χ1) is 38.5. The molecule has 5 aromatic rings. The molecule has 0 unspecified atom stereocenters. The third-order valence-corrected chi connectivity index (χ3v) is 12.6. The molecule has 0 saturated carbocycles. The highest BCUT2D eigenvalue weighted by atomic mass is 16.8. The van der Waals surface area contributed by atoms with Gasteiger partial charge in [-0.05, 0) is 67.6 Å². The molecule has 0 amide bonds. The molecule has 0 radical (unpaired) electrons. The lowest BCUT2D eigenvalue weighted by atomic mass is 9.95. The quantitative estimate of drug-likeness (QED) is 0.0879. The summed E-state index contributed by atoms with van der Waals surface area (Å²) in [5.41, 5.74) is 0.192. The molecule has 420 valence electrons. The first-order valence-corrected chi connectivity index (χ1v) is 25.2. The SMILES string of the molecule is CC(=O)O[C@@H]1[C@@H](O[C@H]2[C@H](O[C@H]3[C@H](OC(=O)c4ccccc4)[C@H](OC(=O)c4ccccc4)[C@@H](O)O[C@@H]3COC(=O)c3ccccc3)O[C@@H](C)[C@H](OC(=O)c3ccccc3)[C@H]2OC(=O)c2ccccc2)OC[C@H](OC(C)=O)[C@H]1OC(C)=O. The van der Waals surface area contributed by atoms with Gasteiger partial charge in [-0.25, -0.2) is 24.0 Å². The fraction of sp³-hybridized carbons (Fsp3) is 0.345. The predicted molar refractivity (Wildman–Crippen MR) is 271 cm³/mol. The molecule has 5 aromatic carbocycles. The van der Waals surface area contributed by atoms with Crippen LogP contribution in [0.15, 0.2) is 152 Å². The van der Waals surface area contributed by atoms with E-state index in [2.05, 4.69) is 0 Å². The average molecular weight is 1110 g/mol. The van der Waals surface area contributed by atoms with Gasteiger partial charge in [0, 0.05) is 20.8 Å². The van der Waals surface area contributed by atoms with Gasteiger partial charge >= 0.3 is 47.8 Å². The number of rotatable bonds is 18. The molecular weight excluding hydrogens is 1050 g/mol. The van der Waals surface area contributed by atoms with Crippen molar-refractivity contribution in [2.45, 2.75) is 114 Å². The van der Waals surface area contributed by atoms with Crippen LogP contribution >= 0.6 is 0 Å². The fourth-order valence-corrected chi connectivity index (χ4v) is 8.99. The number of ether oxygens (including phenoxy) is 13. The van der Waals surface area contributed by atoms with Gasteiger partial charge in [0.15, 0.2) is 67.7 Å². The highest BCUT2D eigenvalue weighted by molar-refractivity contribution is 5.92. The van der Waals surface area contributed by atoms with Gasteiger partial charge in [0.25, 0.3) is 0 Å². The Labute approximate surface area is 457 Å². The fourth-order valence-electron chi connectivity index (χ4n) is 8.99. The summed E-state index contributed by atoms with van der Waals surface area (Å²) in [4.78, 5) is 108. The van der Waals surface area contributed by atoms with Gasteiger partial charge in [0.1, 0.15) is 18.8 Å². The van der Waals surface area contributed by atoms with E-state index < -0.39 is 147 Å². The van der Waals surface area contributed by atoms with E-state index >= 15 is 0 Å². The molecule has 3 aliphatic heterocycles. The molecule has 0 spiro atoms. The number of aliphatic hydroxyl groups is 1. The van der Waals surface area contributed by atoms with E-state index in [0.29, 0.717) is 0 Å². The van der Waals surface area contributed by atoms with E-state index in [1.54, 1.807) is 91.0 Å². The highest BCUT2D eigenvalue weighted by Crippen LogP contribution is 2.38. The molecule has 22 heteroatoms. The Morgan fingerprint density at radius 2 is 0.787 bits per heavy atom. The second kappa shape index (κ2) is 27.0. The lowest BCUT2D eigenvalue weighted by Gasteiger charge is -2.49. The van der Waals surface area contributed by atoms with Crippen molar-refractivity contribution < 1.29 is 105 Å². The van der Waals surface area contributed by atoms with E-state index in [4.69, 9.17) is 61.6 Å². The van der Waals surface area contributed by atoms with Crippen molar-refractivity contribution in [2.75, 3.05) is 13.2 Å². The van der Waals surface area contributed by atoms with Crippen LogP contribution in [0.25, 0.3) is 0 Å². The summed E-state index contributed by atoms with van der Waals surface area (Å²) in [7, 11) is 0.